The standard InChI is InChI=1S/C19H25N5O.2C2HF3O2/c1-22-13-15(12-21-22)17-11-18(25)23(2)19(17)6-9-24(10-7-19)14-16-5-3-4-8-20-16;2*3-2(4,5)1(6)7/h3-5,8,12-13,17H,6-7,9-11,14H2,1-2H3;2*(H,6,7). The van der Waals surface area contributed by atoms with Gasteiger partial charge in [-0.25, -0.2) is 9.59 Å². The first-order valence-electron chi connectivity index (χ1n) is 11.4. The Hall–Kier alpha value is -3.69. The lowest BCUT2D eigenvalue weighted by molar-refractivity contribution is -0.193. The Labute approximate surface area is 218 Å². The Morgan fingerprint density at radius 1 is 1.03 bits per heavy atom. The molecule has 1 unspecified atom stereocenters. The van der Waals surface area contributed by atoms with E-state index < -0.39 is 24.3 Å². The minimum absolute atomic E-state index is 0.0687. The zero-order valence-corrected chi connectivity index (χ0v) is 20.9. The maximum atomic E-state index is 12.5. The van der Waals surface area contributed by atoms with Gasteiger partial charge in [-0.3, -0.25) is 19.4 Å². The Morgan fingerprint density at radius 3 is 1.97 bits per heavy atom. The van der Waals surface area contributed by atoms with Gasteiger partial charge in [0.2, 0.25) is 5.91 Å². The van der Waals surface area contributed by atoms with Crippen molar-refractivity contribution in [3.8, 4) is 0 Å². The number of halogens is 6. The van der Waals surface area contributed by atoms with Gasteiger partial charge in [0.25, 0.3) is 0 Å². The topological polar surface area (TPSA) is 129 Å². The van der Waals surface area contributed by atoms with Crippen molar-refractivity contribution >= 4 is 17.8 Å². The van der Waals surface area contributed by atoms with Crippen LogP contribution in [-0.4, -0.2) is 90.7 Å². The summed E-state index contributed by atoms with van der Waals surface area (Å²) < 4.78 is 65.3. The Balaban J connectivity index is 0.000000317. The van der Waals surface area contributed by atoms with Crippen LogP contribution in [0.4, 0.5) is 26.3 Å². The van der Waals surface area contributed by atoms with Crippen molar-refractivity contribution in [2.45, 2.75) is 49.6 Å². The quantitative estimate of drug-likeness (QED) is 0.542. The Kier molecular flexibility index (Phi) is 10.1. The number of carboxylic acid groups (broad SMARTS) is 2. The van der Waals surface area contributed by atoms with E-state index in [1.807, 2.05) is 48.2 Å². The maximum Gasteiger partial charge on any atom is 0.490 e. The van der Waals surface area contributed by atoms with Gasteiger partial charge in [0.15, 0.2) is 0 Å². The number of rotatable bonds is 3. The summed E-state index contributed by atoms with van der Waals surface area (Å²) in [6, 6.07) is 6.07. The highest BCUT2D eigenvalue weighted by Gasteiger charge is 2.52. The zero-order chi connectivity index (χ0) is 29.6. The number of hydrogen-bond donors (Lipinski definition) is 2. The van der Waals surface area contributed by atoms with E-state index in [1.54, 1.807) is 0 Å². The van der Waals surface area contributed by atoms with Crippen molar-refractivity contribution in [3.05, 3.63) is 48.0 Å². The first-order chi connectivity index (χ1) is 18.0. The molecule has 2 aromatic heterocycles. The van der Waals surface area contributed by atoms with Crippen LogP contribution >= 0.6 is 0 Å². The molecule has 2 fully saturated rings. The number of aliphatic carboxylic acids is 2. The van der Waals surface area contributed by atoms with Gasteiger partial charge in [0, 0.05) is 58.5 Å². The summed E-state index contributed by atoms with van der Waals surface area (Å²) in [7, 11) is 3.92. The number of nitrogens with zero attached hydrogens (tertiary/aromatic N) is 5. The second-order valence-electron chi connectivity index (χ2n) is 8.96. The van der Waals surface area contributed by atoms with Crippen LogP contribution in [-0.2, 0) is 28.0 Å². The van der Waals surface area contributed by atoms with E-state index in [4.69, 9.17) is 19.8 Å². The first-order valence-corrected chi connectivity index (χ1v) is 11.4. The van der Waals surface area contributed by atoms with Crippen LogP contribution in [0.15, 0.2) is 36.8 Å². The lowest BCUT2D eigenvalue weighted by atomic mass is 9.74. The summed E-state index contributed by atoms with van der Waals surface area (Å²) in [6.45, 7) is 2.86. The zero-order valence-electron chi connectivity index (χ0n) is 20.9. The van der Waals surface area contributed by atoms with Crippen LogP contribution < -0.4 is 0 Å². The number of likely N-dealkylation sites (N-methyl/N-ethyl adjacent to an activating group) is 1. The van der Waals surface area contributed by atoms with Gasteiger partial charge >= 0.3 is 24.3 Å². The number of likely N-dealkylation sites (tertiary alicyclic amines) is 2. The SMILES string of the molecule is CN1C(=O)CC(c2cnn(C)c2)C12CCN(Cc1ccccn1)CC2.O=C(O)C(F)(F)F.O=C(O)C(F)(F)F. The normalized spacial score (nSPS) is 19.1. The van der Waals surface area contributed by atoms with Gasteiger partial charge in [-0.05, 0) is 30.5 Å². The molecule has 4 heterocycles. The molecule has 1 amide bonds. The maximum absolute atomic E-state index is 12.5. The second kappa shape index (κ2) is 12.4. The van der Waals surface area contributed by atoms with Crippen LogP contribution in [0.3, 0.4) is 0 Å². The predicted molar refractivity (Wildman–Crippen MR) is 122 cm³/mol. The van der Waals surface area contributed by atoms with Crippen LogP contribution in [0.25, 0.3) is 0 Å². The van der Waals surface area contributed by atoms with Gasteiger partial charge < -0.3 is 15.1 Å². The number of pyridine rings is 1. The highest BCUT2D eigenvalue weighted by molar-refractivity contribution is 5.81. The minimum Gasteiger partial charge on any atom is -0.475 e. The molecular weight excluding hydrogens is 540 g/mol. The molecule has 39 heavy (non-hydrogen) atoms. The number of carbonyl (C=O) groups is 3. The Bertz CT molecular complexity index is 1110. The van der Waals surface area contributed by atoms with Crippen LogP contribution in [0.5, 0.6) is 0 Å². The van der Waals surface area contributed by atoms with Gasteiger partial charge in [-0.1, -0.05) is 6.07 Å². The number of amides is 1. The fraction of sp³-hybridized carbons (Fsp3) is 0.522. The molecule has 1 spiro atoms. The van der Waals surface area contributed by atoms with Crippen LogP contribution in [0, 0.1) is 0 Å². The monoisotopic (exact) mass is 567 g/mol. The molecule has 2 aliphatic heterocycles. The molecule has 1 atom stereocenters. The molecule has 0 saturated carbocycles. The number of aromatic nitrogens is 3. The van der Waals surface area contributed by atoms with Crippen LogP contribution in [0.1, 0.15) is 36.4 Å². The Morgan fingerprint density at radius 2 is 1.56 bits per heavy atom. The van der Waals surface area contributed by atoms with Crippen molar-refractivity contribution in [2.24, 2.45) is 7.05 Å². The molecule has 0 bridgehead atoms. The fourth-order valence-corrected chi connectivity index (χ4v) is 4.53. The van der Waals surface area contributed by atoms with Gasteiger partial charge in [0.05, 0.1) is 17.4 Å². The third-order valence-corrected chi connectivity index (χ3v) is 6.52. The highest BCUT2D eigenvalue weighted by atomic mass is 19.4. The summed E-state index contributed by atoms with van der Waals surface area (Å²) in [6.07, 6.45) is -1.72. The van der Waals surface area contributed by atoms with Crippen molar-refractivity contribution in [1.29, 1.82) is 0 Å². The average molecular weight is 567 g/mol. The first kappa shape index (κ1) is 31.5. The third-order valence-electron chi connectivity index (χ3n) is 6.52. The molecule has 2 N–H and O–H groups in total. The summed E-state index contributed by atoms with van der Waals surface area (Å²) in [4.78, 5) is 39.2. The van der Waals surface area contributed by atoms with E-state index in [-0.39, 0.29) is 17.4 Å². The molecule has 0 aliphatic carbocycles. The summed E-state index contributed by atoms with van der Waals surface area (Å²) in [5.41, 5.74) is 2.23. The highest BCUT2D eigenvalue weighted by Crippen LogP contribution is 2.48. The van der Waals surface area contributed by atoms with E-state index in [0.717, 1.165) is 38.2 Å². The predicted octanol–water partition coefficient (Wildman–Crippen LogP) is 3.06. The molecule has 16 heteroatoms. The molecule has 216 valence electrons. The largest absolute Gasteiger partial charge is 0.490 e. The van der Waals surface area contributed by atoms with E-state index in [2.05, 4.69) is 27.2 Å². The van der Waals surface area contributed by atoms with E-state index in [9.17, 15) is 31.1 Å². The number of alkyl halides is 6. The fourth-order valence-electron chi connectivity index (χ4n) is 4.53. The number of aryl methyl sites for hydroxylation is 1. The van der Waals surface area contributed by atoms with E-state index >= 15 is 0 Å². The van der Waals surface area contributed by atoms with Gasteiger partial charge in [0.1, 0.15) is 0 Å². The van der Waals surface area contributed by atoms with Crippen LogP contribution in [0.2, 0.25) is 0 Å². The van der Waals surface area contributed by atoms with Crippen molar-refractivity contribution in [1.82, 2.24) is 24.6 Å². The average Bonchev–Trinajstić information content (AvgIpc) is 3.37. The lowest BCUT2D eigenvalue weighted by Gasteiger charge is -2.46. The van der Waals surface area contributed by atoms with Crippen molar-refractivity contribution in [3.63, 3.8) is 0 Å². The number of carbonyl (C=O) groups excluding carboxylic acids is 1. The molecule has 2 aliphatic rings. The summed E-state index contributed by atoms with van der Waals surface area (Å²) in [5.74, 6) is -5.01. The molecule has 0 radical (unpaired) electrons. The summed E-state index contributed by atoms with van der Waals surface area (Å²) >= 11 is 0. The minimum atomic E-state index is -5.08. The summed E-state index contributed by atoms with van der Waals surface area (Å²) in [5, 5.41) is 18.6. The molecule has 0 aromatic carbocycles. The lowest BCUT2D eigenvalue weighted by Crippen LogP contribution is -2.53. The number of hydrogen-bond acceptors (Lipinski definition) is 6. The molecule has 2 saturated heterocycles. The van der Waals surface area contributed by atoms with Crippen molar-refractivity contribution < 1.29 is 50.9 Å². The van der Waals surface area contributed by atoms with Gasteiger partial charge in [-0.15, -0.1) is 0 Å². The number of piperidine rings is 1. The van der Waals surface area contributed by atoms with Crippen molar-refractivity contribution in [2.75, 3.05) is 20.1 Å². The smallest absolute Gasteiger partial charge is 0.475 e. The molecule has 4 rings (SSSR count). The number of carboxylic acids is 2. The van der Waals surface area contributed by atoms with E-state index in [1.165, 1.54) is 5.56 Å². The van der Waals surface area contributed by atoms with E-state index in [0.29, 0.717) is 6.42 Å². The molecule has 10 nitrogen and oxygen atoms in total. The molecular formula is C23H27F6N5O5. The second-order valence-corrected chi connectivity index (χ2v) is 8.96. The third kappa shape index (κ3) is 8.40. The molecule has 2 aromatic rings. The van der Waals surface area contributed by atoms with Gasteiger partial charge in [-0.2, -0.15) is 31.4 Å².